The van der Waals surface area contributed by atoms with Gasteiger partial charge < -0.3 is 15.0 Å². The summed E-state index contributed by atoms with van der Waals surface area (Å²) >= 11 is 1.57. The molecule has 158 valence electrons. The summed E-state index contributed by atoms with van der Waals surface area (Å²) in [5, 5.41) is 13.6. The maximum Gasteiger partial charge on any atom is 0.229 e. The van der Waals surface area contributed by atoms with Crippen molar-refractivity contribution in [3.8, 4) is 10.9 Å². The monoisotopic (exact) mass is 425 g/mol. The highest BCUT2D eigenvalue weighted by atomic mass is 32.1. The number of hydrogen-bond donors (Lipinski definition) is 1. The molecule has 1 aromatic carbocycles. The molecule has 0 saturated carbocycles. The molecule has 0 spiro atoms. The number of carbonyl (C=O) groups excluding carboxylic acids is 1. The number of rotatable bonds is 6. The zero-order valence-corrected chi connectivity index (χ0v) is 18.4. The van der Waals surface area contributed by atoms with Crippen molar-refractivity contribution in [2.75, 3.05) is 29.9 Å². The van der Waals surface area contributed by atoms with Crippen LogP contribution in [0.15, 0.2) is 36.4 Å². The first-order valence-electron chi connectivity index (χ1n) is 10.3. The standard InChI is InChI=1S/C22H27N5O2S/c1-4-29-19-11-9-18(10-12-19)23-20(28)17-6-5-13-26(14-17)21-24-25-22(30-21)27-15(2)7-8-16(27)3/h7-12,17H,4-6,13-14H2,1-3H3,(H,23,28)/t17-/m0/s1. The van der Waals surface area contributed by atoms with Crippen molar-refractivity contribution in [3.63, 3.8) is 0 Å². The Labute approximate surface area is 180 Å². The Morgan fingerprint density at radius 3 is 2.53 bits per heavy atom. The molecule has 1 atom stereocenters. The van der Waals surface area contributed by atoms with Crippen LogP contribution in [-0.2, 0) is 4.79 Å². The van der Waals surface area contributed by atoms with Crippen molar-refractivity contribution in [3.05, 3.63) is 47.8 Å². The Balaban J connectivity index is 1.41. The molecule has 30 heavy (non-hydrogen) atoms. The fourth-order valence-electron chi connectivity index (χ4n) is 3.81. The number of nitrogens with one attached hydrogen (secondary N) is 1. The molecule has 1 fully saturated rings. The second kappa shape index (κ2) is 8.87. The molecule has 3 aromatic rings. The van der Waals surface area contributed by atoms with Crippen LogP contribution in [0.2, 0.25) is 0 Å². The highest BCUT2D eigenvalue weighted by molar-refractivity contribution is 7.17. The molecule has 3 heterocycles. The highest BCUT2D eigenvalue weighted by Gasteiger charge is 2.28. The normalized spacial score (nSPS) is 16.5. The number of ether oxygens (including phenoxy) is 1. The molecular formula is C22H27N5O2S. The van der Waals surface area contributed by atoms with E-state index in [-0.39, 0.29) is 11.8 Å². The van der Waals surface area contributed by atoms with E-state index in [2.05, 4.69) is 51.0 Å². The SMILES string of the molecule is CCOc1ccc(NC(=O)[C@H]2CCCN(c3nnc(-n4c(C)ccc4C)s3)C2)cc1. The molecule has 1 aliphatic rings. The van der Waals surface area contributed by atoms with Crippen LogP contribution < -0.4 is 15.0 Å². The number of benzene rings is 1. The number of carbonyl (C=O) groups is 1. The van der Waals surface area contributed by atoms with E-state index in [4.69, 9.17) is 4.74 Å². The van der Waals surface area contributed by atoms with Crippen molar-refractivity contribution in [1.82, 2.24) is 14.8 Å². The predicted molar refractivity (Wildman–Crippen MR) is 120 cm³/mol. The van der Waals surface area contributed by atoms with E-state index in [1.165, 1.54) is 0 Å². The summed E-state index contributed by atoms with van der Waals surface area (Å²) < 4.78 is 7.57. The second-order valence-electron chi connectivity index (χ2n) is 7.55. The Morgan fingerprint density at radius 1 is 1.13 bits per heavy atom. The van der Waals surface area contributed by atoms with Crippen molar-refractivity contribution < 1.29 is 9.53 Å². The Hall–Kier alpha value is -2.87. The number of nitrogens with zero attached hydrogens (tertiary/aromatic N) is 4. The number of aromatic nitrogens is 3. The maximum atomic E-state index is 12.8. The maximum absolute atomic E-state index is 12.8. The second-order valence-corrected chi connectivity index (χ2v) is 8.48. The van der Waals surface area contributed by atoms with Gasteiger partial charge in [-0.15, -0.1) is 10.2 Å². The Bertz CT molecular complexity index is 991. The van der Waals surface area contributed by atoms with Crippen LogP contribution in [0.25, 0.3) is 5.13 Å². The van der Waals surface area contributed by atoms with Gasteiger partial charge in [-0.2, -0.15) is 0 Å². The topological polar surface area (TPSA) is 72.3 Å². The number of anilines is 2. The van der Waals surface area contributed by atoms with E-state index in [1.807, 2.05) is 31.2 Å². The fraction of sp³-hybridized carbons (Fsp3) is 0.409. The lowest BCUT2D eigenvalue weighted by Crippen LogP contribution is -2.40. The zero-order chi connectivity index (χ0) is 21.1. The molecule has 1 aliphatic heterocycles. The zero-order valence-electron chi connectivity index (χ0n) is 17.6. The van der Waals surface area contributed by atoms with Gasteiger partial charge in [0.15, 0.2) is 0 Å². The molecule has 8 heteroatoms. The Morgan fingerprint density at radius 2 is 1.83 bits per heavy atom. The lowest BCUT2D eigenvalue weighted by molar-refractivity contribution is -0.120. The third kappa shape index (κ3) is 4.33. The number of aryl methyl sites for hydroxylation is 2. The quantitative estimate of drug-likeness (QED) is 0.641. The lowest BCUT2D eigenvalue weighted by atomic mass is 9.97. The third-order valence-electron chi connectivity index (χ3n) is 5.36. The number of amides is 1. The van der Waals surface area contributed by atoms with Gasteiger partial charge in [0.2, 0.25) is 16.2 Å². The summed E-state index contributed by atoms with van der Waals surface area (Å²) in [6.45, 7) is 8.26. The average Bonchev–Trinajstić information content (AvgIpc) is 3.36. The molecule has 1 amide bonds. The minimum Gasteiger partial charge on any atom is -0.494 e. The van der Waals surface area contributed by atoms with Crippen LogP contribution in [-0.4, -0.2) is 40.4 Å². The van der Waals surface area contributed by atoms with E-state index in [0.29, 0.717) is 13.2 Å². The summed E-state index contributed by atoms with van der Waals surface area (Å²) in [5.41, 5.74) is 3.07. The molecule has 0 unspecified atom stereocenters. The minimum atomic E-state index is -0.0762. The van der Waals surface area contributed by atoms with Gasteiger partial charge in [0, 0.05) is 30.2 Å². The molecule has 2 aromatic heterocycles. The van der Waals surface area contributed by atoms with Crippen LogP contribution >= 0.6 is 11.3 Å². The minimum absolute atomic E-state index is 0.0469. The number of hydrogen-bond acceptors (Lipinski definition) is 6. The summed E-state index contributed by atoms with van der Waals surface area (Å²) in [6.07, 6.45) is 1.83. The predicted octanol–water partition coefficient (Wildman–Crippen LogP) is 4.20. The van der Waals surface area contributed by atoms with Crippen LogP contribution in [0.4, 0.5) is 10.8 Å². The van der Waals surface area contributed by atoms with E-state index < -0.39 is 0 Å². The van der Waals surface area contributed by atoms with E-state index in [9.17, 15) is 4.79 Å². The summed E-state index contributed by atoms with van der Waals surface area (Å²) in [5.74, 6) is 0.776. The molecular weight excluding hydrogens is 398 g/mol. The van der Waals surface area contributed by atoms with Gasteiger partial charge in [0.1, 0.15) is 5.75 Å². The van der Waals surface area contributed by atoms with Gasteiger partial charge in [-0.25, -0.2) is 0 Å². The van der Waals surface area contributed by atoms with Gasteiger partial charge in [-0.3, -0.25) is 9.36 Å². The first-order chi connectivity index (χ1) is 14.5. The van der Waals surface area contributed by atoms with Crippen molar-refractivity contribution in [2.45, 2.75) is 33.6 Å². The largest absolute Gasteiger partial charge is 0.494 e. The molecule has 4 rings (SSSR count). The third-order valence-corrected chi connectivity index (χ3v) is 6.33. The van der Waals surface area contributed by atoms with Crippen LogP contribution in [0.1, 0.15) is 31.2 Å². The Kier molecular flexibility index (Phi) is 6.03. The summed E-state index contributed by atoms with van der Waals surface area (Å²) in [4.78, 5) is 15.0. The lowest BCUT2D eigenvalue weighted by Gasteiger charge is -2.31. The van der Waals surface area contributed by atoms with Gasteiger partial charge >= 0.3 is 0 Å². The molecule has 1 N–H and O–H groups in total. The van der Waals surface area contributed by atoms with Crippen molar-refractivity contribution in [1.29, 1.82) is 0 Å². The van der Waals surface area contributed by atoms with Gasteiger partial charge in [0.25, 0.3) is 0 Å². The molecule has 7 nitrogen and oxygen atoms in total. The molecule has 0 bridgehead atoms. The van der Waals surface area contributed by atoms with E-state index >= 15 is 0 Å². The van der Waals surface area contributed by atoms with Gasteiger partial charge in [-0.05, 0) is 70.0 Å². The van der Waals surface area contributed by atoms with Crippen LogP contribution in [0.5, 0.6) is 5.75 Å². The van der Waals surface area contributed by atoms with E-state index in [0.717, 1.165) is 52.5 Å². The highest BCUT2D eigenvalue weighted by Crippen LogP contribution is 2.29. The van der Waals surface area contributed by atoms with Crippen molar-refractivity contribution >= 4 is 28.1 Å². The first kappa shape index (κ1) is 20.4. The molecule has 1 saturated heterocycles. The van der Waals surface area contributed by atoms with Crippen LogP contribution in [0.3, 0.4) is 0 Å². The number of piperidine rings is 1. The fourth-order valence-corrected chi connectivity index (χ4v) is 4.81. The van der Waals surface area contributed by atoms with E-state index in [1.54, 1.807) is 11.3 Å². The van der Waals surface area contributed by atoms with Gasteiger partial charge in [-0.1, -0.05) is 11.3 Å². The van der Waals surface area contributed by atoms with Crippen molar-refractivity contribution in [2.24, 2.45) is 5.92 Å². The van der Waals surface area contributed by atoms with Crippen LogP contribution in [0, 0.1) is 19.8 Å². The average molecular weight is 426 g/mol. The molecule has 0 radical (unpaired) electrons. The summed E-state index contributed by atoms with van der Waals surface area (Å²) in [7, 11) is 0. The first-order valence-corrected chi connectivity index (χ1v) is 11.1. The summed E-state index contributed by atoms with van der Waals surface area (Å²) in [6, 6.07) is 11.7. The smallest absolute Gasteiger partial charge is 0.229 e. The molecule has 0 aliphatic carbocycles. The van der Waals surface area contributed by atoms with Gasteiger partial charge in [0.05, 0.1) is 12.5 Å².